The molecule has 118 valence electrons. The van der Waals surface area contributed by atoms with Crippen LogP contribution in [0, 0.1) is 5.92 Å². The molecule has 0 bridgehead atoms. The molecule has 1 saturated heterocycles. The molecule has 0 aromatic heterocycles. The van der Waals surface area contributed by atoms with Gasteiger partial charge in [0.15, 0.2) is 0 Å². The summed E-state index contributed by atoms with van der Waals surface area (Å²) >= 11 is 0. The van der Waals surface area contributed by atoms with Crippen molar-refractivity contribution in [2.24, 2.45) is 11.7 Å². The van der Waals surface area contributed by atoms with E-state index in [2.05, 4.69) is 5.32 Å². The molecule has 4 N–H and O–H groups in total. The van der Waals surface area contributed by atoms with Gasteiger partial charge in [-0.3, -0.25) is 14.4 Å². The Bertz CT molecular complexity index is 414. The molecule has 2 amide bonds. The highest BCUT2D eigenvalue weighted by Gasteiger charge is 2.32. The van der Waals surface area contributed by atoms with E-state index in [1.807, 2.05) is 0 Å². The minimum Gasteiger partial charge on any atom is -0.481 e. The summed E-state index contributed by atoms with van der Waals surface area (Å²) < 4.78 is 0. The fourth-order valence-electron chi connectivity index (χ4n) is 2.55. The van der Waals surface area contributed by atoms with Gasteiger partial charge in [0.1, 0.15) is 0 Å². The van der Waals surface area contributed by atoms with Crippen LogP contribution in [0.15, 0.2) is 0 Å². The summed E-state index contributed by atoms with van der Waals surface area (Å²) in [6.07, 6.45) is 3.50. The first-order valence-electron chi connectivity index (χ1n) is 7.54. The number of carboxylic acids is 1. The Labute approximate surface area is 123 Å². The number of rotatable bonds is 6. The highest BCUT2D eigenvalue weighted by atomic mass is 16.4. The molecule has 0 aromatic carbocycles. The molecule has 2 aliphatic rings. The zero-order chi connectivity index (χ0) is 15.4. The van der Waals surface area contributed by atoms with Gasteiger partial charge in [-0.1, -0.05) is 0 Å². The number of piperidine rings is 1. The Balaban J connectivity index is 1.70. The Kier molecular flexibility index (Phi) is 5.17. The van der Waals surface area contributed by atoms with Crippen molar-refractivity contribution in [1.29, 1.82) is 0 Å². The maximum atomic E-state index is 12.1. The van der Waals surface area contributed by atoms with Crippen LogP contribution in [0.1, 0.15) is 38.5 Å². The smallest absolute Gasteiger partial charge is 0.303 e. The number of likely N-dealkylation sites (tertiary alicyclic amines) is 1. The van der Waals surface area contributed by atoms with Crippen LogP contribution in [0.4, 0.5) is 0 Å². The molecule has 1 aliphatic heterocycles. The molecule has 21 heavy (non-hydrogen) atoms. The first-order chi connectivity index (χ1) is 9.97. The van der Waals surface area contributed by atoms with Crippen molar-refractivity contribution in [1.82, 2.24) is 10.2 Å². The van der Waals surface area contributed by atoms with Crippen molar-refractivity contribution in [2.75, 3.05) is 13.1 Å². The van der Waals surface area contributed by atoms with Gasteiger partial charge in [-0.05, 0) is 32.1 Å². The minimum absolute atomic E-state index is 0.0964. The molecule has 1 saturated carbocycles. The molecule has 2 rings (SSSR count). The van der Waals surface area contributed by atoms with Gasteiger partial charge >= 0.3 is 5.97 Å². The van der Waals surface area contributed by atoms with Crippen molar-refractivity contribution < 1.29 is 19.5 Å². The van der Waals surface area contributed by atoms with Crippen molar-refractivity contribution in [2.45, 2.75) is 50.6 Å². The van der Waals surface area contributed by atoms with Crippen LogP contribution in [0.25, 0.3) is 0 Å². The van der Waals surface area contributed by atoms with Gasteiger partial charge in [0.2, 0.25) is 11.8 Å². The summed E-state index contributed by atoms with van der Waals surface area (Å²) in [5, 5.41) is 11.6. The number of nitrogens with one attached hydrogen (secondary N) is 1. The van der Waals surface area contributed by atoms with Crippen LogP contribution in [0.2, 0.25) is 0 Å². The van der Waals surface area contributed by atoms with Crippen LogP contribution in [-0.4, -0.2) is 53.0 Å². The fourth-order valence-corrected chi connectivity index (χ4v) is 2.55. The maximum absolute atomic E-state index is 12.1. The van der Waals surface area contributed by atoms with Gasteiger partial charge < -0.3 is 21.1 Å². The van der Waals surface area contributed by atoms with Gasteiger partial charge in [0, 0.05) is 31.5 Å². The predicted octanol–water partition coefficient (Wildman–Crippen LogP) is -0.304. The van der Waals surface area contributed by atoms with Gasteiger partial charge in [-0.2, -0.15) is 0 Å². The van der Waals surface area contributed by atoms with E-state index in [9.17, 15) is 14.4 Å². The summed E-state index contributed by atoms with van der Waals surface area (Å²) in [5.41, 5.74) is 5.74. The average molecular weight is 297 g/mol. The lowest BCUT2D eigenvalue weighted by Crippen LogP contribution is -2.51. The minimum atomic E-state index is -0.945. The molecule has 7 heteroatoms. The normalized spacial score (nSPS) is 20.9. The van der Waals surface area contributed by atoms with Crippen molar-refractivity contribution in [3.05, 3.63) is 0 Å². The number of carboxylic acid groups (broad SMARTS) is 1. The zero-order valence-corrected chi connectivity index (χ0v) is 12.1. The van der Waals surface area contributed by atoms with Gasteiger partial charge in [-0.25, -0.2) is 0 Å². The lowest BCUT2D eigenvalue weighted by molar-refractivity contribution is -0.137. The third kappa shape index (κ3) is 4.70. The lowest BCUT2D eigenvalue weighted by atomic mass is 10.0. The number of hydrogen-bond acceptors (Lipinski definition) is 4. The maximum Gasteiger partial charge on any atom is 0.303 e. The summed E-state index contributed by atoms with van der Waals surface area (Å²) in [6, 6.07) is -0.615. The highest BCUT2D eigenvalue weighted by Crippen LogP contribution is 2.29. The second kappa shape index (κ2) is 6.89. The van der Waals surface area contributed by atoms with E-state index in [0.717, 1.165) is 25.7 Å². The fraction of sp³-hybridized carbons (Fsp3) is 0.786. The quantitative estimate of drug-likeness (QED) is 0.623. The first-order valence-corrected chi connectivity index (χ1v) is 7.54. The number of carbonyl (C=O) groups is 3. The van der Waals surface area contributed by atoms with Crippen LogP contribution >= 0.6 is 0 Å². The van der Waals surface area contributed by atoms with E-state index < -0.39 is 12.0 Å². The van der Waals surface area contributed by atoms with E-state index >= 15 is 0 Å². The van der Waals surface area contributed by atoms with Gasteiger partial charge in [-0.15, -0.1) is 0 Å². The van der Waals surface area contributed by atoms with E-state index in [1.54, 1.807) is 4.90 Å². The number of nitrogens with two attached hydrogens (primary N) is 1. The monoisotopic (exact) mass is 297 g/mol. The van der Waals surface area contributed by atoms with E-state index in [-0.39, 0.29) is 36.6 Å². The van der Waals surface area contributed by atoms with Gasteiger partial charge in [0.05, 0.1) is 6.04 Å². The molecule has 7 nitrogen and oxygen atoms in total. The lowest BCUT2D eigenvalue weighted by Gasteiger charge is -2.33. The van der Waals surface area contributed by atoms with Gasteiger partial charge in [0.25, 0.3) is 0 Å². The molecule has 1 aliphatic carbocycles. The first kappa shape index (κ1) is 15.8. The van der Waals surface area contributed by atoms with Crippen LogP contribution < -0.4 is 11.1 Å². The number of aliphatic carboxylic acids is 1. The summed E-state index contributed by atoms with van der Waals surface area (Å²) in [7, 11) is 0. The third-order valence-corrected chi connectivity index (χ3v) is 4.09. The number of hydrogen-bond donors (Lipinski definition) is 3. The second-order valence-corrected chi connectivity index (χ2v) is 5.92. The molecular formula is C14H23N3O4. The van der Waals surface area contributed by atoms with E-state index in [4.69, 9.17) is 10.8 Å². The largest absolute Gasteiger partial charge is 0.481 e. The Morgan fingerprint density at radius 2 is 1.81 bits per heavy atom. The van der Waals surface area contributed by atoms with Crippen LogP contribution in [0.5, 0.6) is 0 Å². The highest BCUT2D eigenvalue weighted by molar-refractivity contribution is 5.83. The number of carbonyl (C=O) groups excluding carboxylic acids is 2. The molecule has 2 fully saturated rings. The predicted molar refractivity (Wildman–Crippen MR) is 75.3 cm³/mol. The Hall–Kier alpha value is -1.63. The summed E-state index contributed by atoms with van der Waals surface area (Å²) in [6.45, 7) is 1.13. The summed E-state index contributed by atoms with van der Waals surface area (Å²) in [4.78, 5) is 35.9. The standard InChI is InChI=1S/C14H23N3O4/c15-11(3-4-12(18)19)14(21)17-7-5-10(6-8-17)16-13(20)9-1-2-9/h9-11H,1-8,15H2,(H,16,20)(H,18,19). The topological polar surface area (TPSA) is 113 Å². The molecule has 0 radical (unpaired) electrons. The van der Waals surface area contributed by atoms with Crippen LogP contribution in [0.3, 0.4) is 0 Å². The van der Waals surface area contributed by atoms with Crippen molar-refractivity contribution >= 4 is 17.8 Å². The summed E-state index contributed by atoms with van der Waals surface area (Å²) in [5.74, 6) is -0.796. The molecular weight excluding hydrogens is 274 g/mol. The van der Waals surface area contributed by atoms with E-state index in [0.29, 0.717) is 13.1 Å². The molecule has 0 spiro atoms. The van der Waals surface area contributed by atoms with E-state index in [1.165, 1.54) is 0 Å². The van der Waals surface area contributed by atoms with Crippen LogP contribution in [-0.2, 0) is 14.4 Å². The molecule has 1 atom stereocenters. The Morgan fingerprint density at radius 3 is 2.33 bits per heavy atom. The Morgan fingerprint density at radius 1 is 1.19 bits per heavy atom. The van der Waals surface area contributed by atoms with Crippen molar-refractivity contribution in [3.8, 4) is 0 Å². The third-order valence-electron chi connectivity index (χ3n) is 4.09. The zero-order valence-electron chi connectivity index (χ0n) is 12.1. The number of amides is 2. The SMILES string of the molecule is NC(CCC(=O)O)C(=O)N1CCC(NC(=O)C2CC2)CC1. The molecule has 1 unspecified atom stereocenters. The average Bonchev–Trinajstić information content (AvgIpc) is 3.29. The van der Waals surface area contributed by atoms with Crippen molar-refractivity contribution in [3.63, 3.8) is 0 Å². The molecule has 1 heterocycles. The number of nitrogens with zero attached hydrogens (tertiary/aromatic N) is 1. The molecule has 0 aromatic rings. The second-order valence-electron chi connectivity index (χ2n) is 5.92.